The lowest BCUT2D eigenvalue weighted by Gasteiger charge is -2.13. The van der Waals surface area contributed by atoms with Crippen molar-refractivity contribution < 1.29 is 18.8 Å². The van der Waals surface area contributed by atoms with E-state index in [2.05, 4.69) is 10.6 Å². The van der Waals surface area contributed by atoms with E-state index in [1.54, 1.807) is 37.4 Å². The number of anilines is 1. The van der Waals surface area contributed by atoms with Crippen LogP contribution in [-0.2, 0) is 20.9 Å². The Labute approximate surface area is 143 Å². The minimum Gasteiger partial charge on any atom is -0.344 e. The fourth-order valence-electron chi connectivity index (χ4n) is 2.73. The maximum atomic E-state index is 13.1. The van der Waals surface area contributed by atoms with Crippen LogP contribution < -0.4 is 15.5 Å². The molecule has 0 radical (unpaired) electrons. The van der Waals surface area contributed by atoms with E-state index in [1.807, 2.05) is 0 Å². The number of hydrogen-bond donors (Lipinski definition) is 2. The zero-order valence-corrected chi connectivity index (χ0v) is 13.5. The Balaban J connectivity index is 1.64. The Hall–Kier alpha value is -3.22. The summed E-state index contributed by atoms with van der Waals surface area (Å²) in [5, 5.41) is 4.85. The summed E-state index contributed by atoms with van der Waals surface area (Å²) >= 11 is 0. The molecule has 7 heteroatoms. The lowest BCUT2D eigenvalue weighted by atomic mass is 10.1. The molecule has 0 bridgehead atoms. The molecule has 1 aliphatic heterocycles. The van der Waals surface area contributed by atoms with Crippen molar-refractivity contribution in [2.75, 3.05) is 11.9 Å². The van der Waals surface area contributed by atoms with Gasteiger partial charge in [0, 0.05) is 24.8 Å². The van der Waals surface area contributed by atoms with E-state index in [4.69, 9.17) is 0 Å². The van der Waals surface area contributed by atoms with Crippen molar-refractivity contribution in [2.24, 2.45) is 0 Å². The van der Waals surface area contributed by atoms with Gasteiger partial charge in [-0.2, -0.15) is 0 Å². The van der Waals surface area contributed by atoms with Gasteiger partial charge in [-0.1, -0.05) is 30.3 Å². The average Bonchev–Trinajstić information content (AvgIpc) is 2.85. The Kier molecular flexibility index (Phi) is 4.47. The molecule has 2 aromatic carbocycles. The second-order valence-corrected chi connectivity index (χ2v) is 5.68. The highest BCUT2D eigenvalue weighted by Crippen LogP contribution is 2.34. The van der Waals surface area contributed by atoms with E-state index in [0.717, 1.165) is 0 Å². The fourth-order valence-corrected chi connectivity index (χ4v) is 2.73. The molecule has 6 nitrogen and oxygen atoms in total. The van der Waals surface area contributed by atoms with Crippen molar-refractivity contribution >= 4 is 23.4 Å². The van der Waals surface area contributed by atoms with Gasteiger partial charge in [-0.3, -0.25) is 14.4 Å². The van der Waals surface area contributed by atoms with E-state index in [1.165, 1.54) is 23.1 Å². The molecule has 3 amide bonds. The number of para-hydroxylation sites is 1. The van der Waals surface area contributed by atoms with Gasteiger partial charge in [0.25, 0.3) is 5.91 Å². The van der Waals surface area contributed by atoms with Crippen molar-refractivity contribution in [2.45, 2.75) is 12.6 Å². The van der Waals surface area contributed by atoms with Crippen LogP contribution in [-0.4, -0.2) is 24.8 Å². The average molecular weight is 341 g/mol. The summed E-state index contributed by atoms with van der Waals surface area (Å²) < 4.78 is 13.1. The van der Waals surface area contributed by atoms with Crippen LogP contribution in [0.3, 0.4) is 0 Å². The van der Waals surface area contributed by atoms with E-state index in [0.29, 0.717) is 16.8 Å². The maximum Gasteiger partial charge on any atom is 0.310 e. The number of carbonyl (C=O) groups excluding carboxylic acids is 3. The van der Waals surface area contributed by atoms with Crippen LogP contribution in [0.25, 0.3) is 0 Å². The first kappa shape index (κ1) is 16.6. The molecule has 2 aromatic rings. The summed E-state index contributed by atoms with van der Waals surface area (Å²) in [6, 6.07) is 11.9. The summed E-state index contributed by atoms with van der Waals surface area (Å²) in [7, 11) is 1.61. The molecule has 25 heavy (non-hydrogen) atoms. The molecule has 128 valence electrons. The molecule has 1 heterocycles. The van der Waals surface area contributed by atoms with Crippen LogP contribution >= 0.6 is 0 Å². The number of nitrogens with zero attached hydrogens (tertiary/aromatic N) is 1. The third kappa shape index (κ3) is 3.35. The van der Waals surface area contributed by atoms with Crippen molar-refractivity contribution in [3.05, 3.63) is 65.5 Å². The molecule has 1 atom stereocenters. The number of likely N-dealkylation sites (N-methyl/N-ethyl adjacent to an activating group) is 1. The van der Waals surface area contributed by atoms with Gasteiger partial charge in [-0.15, -0.1) is 0 Å². The van der Waals surface area contributed by atoms with Crippen molar-refractivity contribution in [3.63, 3.8) is 0 Å². The van der Waals surface area contributed by atoms with E-state index in [9.17, 15) is 18.8 Å². The topological polar surface area (TPSA) is 78.5 Å². The highest BCUT2D eigenvalue weighted by Gasteiger charge is 2.36. The molecule has 0 spiro atoms. The third-order valence-electron chi connectivity index (χ3n) is 4.01. The molecule has 0 aliphatic carbocycles. The standard InChI is InChI=1S/C18H16FN3O3/c1-22-14-8-3-2-7-13(14)15(18(22)25)21-17(24)16(23)20-10-11-5-4-6-12(19)9-11/h2-9,15H,10H2,1H3,(H,20,23)(H,21,24). The first-order valence-corrected chi connectivity index (χ1v) is 7.67. The van der Waals surface area contributed by atoms with E-state index in [-0.39, 0.29) is 12.5 Å². The summed E-state index contributed by atoms with van der Waals surface area (Å²) in [5.74, 6) is -2.54. The predicted octanol–water partition coefficient (Wildman–Crippen LogP) is 1.28. The molecule has 1 unspecified atom stereocenters. The Morgan fingerprint density at radius 3 is 2.64 bits per heavy atom. The first-order chi connectivity index (χ1) is 12.0. The van der Waals surface area contributed by atoms with Gasteiger partial charge in [-0.25, -0.2) is 4.39 Å². The van der Waals surface area contributed by atoms with Gasteiger partial charge in [0.1, 0.15) is 11.9 Å². The van der Waals surface area contributed by atoms with Crippen LogP contribution in [0, 0.1) is 5.82 Å². The molecular formula is C18H16FN3O3. The summed E-state index contributed by atoms with van der Waals surface area (Å²) in [4.78, 5) is 37.7. The number of rotatable bonds is 3. The number of amides is 3. The van der Waals surface area contributed by atoms with Crippen molar-refractivity contribution in [1.82, 2.24) is 10.6 Å². The largest absolute Gasteiger partial charge is 0.344 e. The van der Waals surface area contributed by atoms with E-state index < -0.39 is 23.7 Å². The second kappa shape index (κ2) is 6.72. The molecule has 2 N–H and O–H groups in total. The normalized spacial score (nSPS) is 15.7. The van der Waals surface area contributed by atoms with Crippen LogP contribution in [0.5, 0.6) is 0 Å². The van der Waals surface area contributed by atoms with Gasteiger partial charge < -0.3 is 15.5 Å². The van der Waals surface area contributed by atoms with Crippen LogP contribution in [0.1, 0.15) is 17.2 Å². The van der Waals surface area contributed by atoms with Gasteiger partial charge >= 0.3 is 11.8 Å². The number of carbonyl (C=O) groups is 3. The van der Waals surface area contributed by atoms with Crippen LogP contribution in [0.15, 0.2) is 48.5 Å². The minimum absolute atomic E-state index is 0.0130. The zero-order valence-electron chi connectivity index (χ0n) is 13.5. The SMILES string of the molecule is CN1C(=O)C(NC(=O)C(=O)NCc2cccc(F)c2)c2ccccc21. The molecular weight excluding hydrogens is 325 g/mol. The summed E-state index contributed by atoms with van der Waals surface area (Å²) in [5.41, 5.74) is 1.86. The Bertz CT molecular complexity index is 853. The fraction of sp³-hybridized carbons (Fsp3) is 0.167. The van der Waals surface area contributed by atoms with Gasteiger partial charge in [0.15, 0.2) is 0 Å². The number of benzene rings is 2. The summed E-state index contributed by atoms with van der Waals surface area (Å²) in [6.07, 6.45) is 0. The van der Waals surface area contributed by atoms with Crippen LogP contribution in [0.4, 0.5) is 10.1 Å². The van der Waals surface area contributed by atoms with E-state index >= 15 is 0 Å². The maximum absolute atomic E-state index is 13.1. The number of halogens is 1. The molecule has 1 aliphatic rings. The summed E-state index contributed by atoms with van der Waals surface area (Å²) in [6.45, 7) is 0.0130. The molecule has 0 saturated carbocycles. The number of fused-ring (bicyclic) bond motifs is 1. The smallest absolute Gasteiger partial charge is 0.310 e. The Morgan fingerprint density at radius 1 is 1.12 bits per heavy atom. The van der Waals surface area contributed by atoms with Gasteiger partial charge in [0.05, 0.1) is 0 Å². The lowest BCUT2D eigenvalue weighted by Crippen LogP contribution is -2.43. The monoisotopic (exact) mass is 341 g/mol. The highest BCUT2D eigenvalue weighted by atomic mass is 19.1. The quantitative estimate of drug-likeness (QED) is 0.826. The number of nitrogens with one attached hydrogen (secondary N) is 2. The molecule has 0 saturated heterocycles. The molecule has 0 fully saturated rings. The zero-order chi connectivity index (χ0) is 18.0. The Morgan fingerprint density at radius 2 is 1.88 bits per heavy atom. The third-order valence-corrected chi connectivity index (χ3v) is 4.01. The first-order valence-electron chi connectivity index (χ1n) is 7.67. The molecule has 3 rings (SSSR count). The van der Waals surface area contributed by atoms with Gasteiger partial charge in [-0.05, 0) is 23.8 Å². The molecule has 0 aromatic heterocycles. The minimum atomic E-state index is -0.917. The predicted molar refractivity (Wildman–Crippen MR) is 89.0 cm³/mol. The number of hydrogen-bond acceptors (Lipinski definition) is 3. The lowest BCUT2D eigenvalue weighted by molar-refractivity contribution is -0.140. The van der Waals surface area contributed by atoms with Gasteiger partial charge in [0.2, 0.25) is 0 Å². The van der Waals surface area contributed by atoms with Crippen LogP contribution in [0.2, 0.25) is 0 Å². The second-order valence-electron chi connectivity index (χ2n) is 5.68. The van der Waals surface area contributed by atoms with Crippen molar-refractivity contribution in [3.8, 4) is 0 Å². The van der Waals surface area contributed by atoms with Crippen molar-refractivity contribution in [1.29, 1.82) is 0 Å². The highest BCUT2D eigenvalue weighted by molar-refractivity contribution is 6.35.